The molecule has 2 aromatic rings. The topological polar surface area (TPSA) is 90.9 Å². The summed E-state index contributed by atoms with van der Waals surface area (Å²) < 4.78 is 14.9. The number of esters is 2. The first kappa shape index (κ1) is 20.3. The average molecular weight is 392 g/mol. The number of benzene rings is 2. The van der Waals surface area contributed by atoms with E-state index >= 15 is 0 Å². The third-order valence-corrected chi connectivity index (χ3v) is 3.63. The fourth-order valence-electron chi connectivity index (χ4n) is 2.15. The van der Waals surface area contributed by atoms with Crippen molar-refractivity contribution >= 4 is 35.1 Å². The van der Waals surface area contributed by atoms with Gasteiger partial charge in [-0.3, -0.25) is 4.79 Å². The molecule has 7 nitrogen and oxygen atoms in total. The smallest absolute Gasteiger partial charge is 0.342 e. The first-order valence-corrected chi connectivity index (χ1v) is 8.40. The second-order valence-corrected chi connectivity index (χ2v) is 5.70. The second kappa shape index (κ2) is 9.59. The maximum absolute atomic E-state index is 12.1. The number of nitrogens with one attached hydrogen (secondary N) is 1. The van der Waals surface area contributed by atoms with Crippen molar-refractivity contribution in [2.75, 3.05) is 25.6 Å². The van der Waals surface area contributed by atoms with Gasteiger partial charge in [-0.1, -0.05) is 11.6 Å². The number of ether oxygens (including phenoxy) is 3. The number of anilines is 1. The fourth-order valence-corrected chi connectivity index (χ4v) is 2.32. The largest absolute Gasteiger partial charge is 0.496 e. The highest BCUT2D eigenvalue weighted by atomic mass is 35.5. The van der Waals surface area contributed by atoms with Gasteiger partial charge >= 0.3 is 11.9 Å². The molecule has 1 amide bonds. The van der Waals surface area contributed by atoms with Crippen LogP contribution in [0.25, 0.3) is 0 Å². The summed E-state index contributed by atoms with van der Waals surface area (Å²) in [5.41, 5.74) is 0.940. The SMILES string of the molecule is CCOC(=O)c1ccc(NC(=O)COC(=O)c2cc(Cl)ccc2OC)cc1. The molecular formula is C19H18ClNO6. The van der Waals surface area contributed by atoms with Gasteiger partial charge in [-0.25, -0.2) is 9.59 Å². The summed E-state index contributed by atoms with van der Waals surface area (Å²) in [5.74, 6) is -1.42. The van der Waals surface area contributed by atoms with Crippen molar-refractivity contribution in [3.05, 3.63) is 58.6 Å². The number of hydrogen-bond donors (Lipinski definition) is 1. The minimum atomic E-state index is -0.734. The molecule has 0 atom stereocenters. The van der Waals surface area contributed by atoms with E-state index in [1.54, 1.807) is 25.1 Å². The standard InChI is InChI=1S/C19H18ClNO6/c1-3-26-18(23)12-4-7-14(8-5-12)21-17(22)11-27-19(24)15-10-13(20)6-9-16(15)25-2/h4-10H,3,11H2,1-2H3,(H,21,22). The highest BCUT2D eigenvalue weighted by molar-refractivity contribution is 6.31. The maximum atomic E-state index is 12.1. The summed E-state index contributed by atoms with van der Waals surface area (Å²) >= 11 is 5.87. The third kappa shape index (κ3) is 5.72. The van der Waals surface area contributed by atoms with Crippen LogP contribution in [0.5, 0.6) is 5.75 Å². The van der Waals surface area contributed by atoms with Gasteiger partial charge in [0, 0.05) is 10.7 Å². The molecule has 0 heterocycles. The molecule has 2 rings (SSSR count). The summed E-state index contributed by atoms with van der Waals surface area (Å²) in [7, 11) is 1.41. The number of rotatable bonds is 7. The van der Waals surface area contributed by atoms with Crippen LogP contribution < -0.4 is 10.1 Å². The van der Waals surface area contributed by atoms with E-state index in [0.717, 1.165) is 0 Å². The number of hydrogen-bond acceptors (Lipinski definition) is 6. The zero-order chi connectivity index (χ0) is 19.8. The van der Waals surface area contributed by atoms with Crippen molar-refractivity contribution in [2.45, 2.75) is 6.92 Å². The molecule has 0 aromatic heterocycles. The lowest BCUT2D eigenvalue weighted by Crippen LogP contribution is -2.21. The molecule has 0 fully saturated rings. The molecular weight excluding hydrogens is 374 g/mol. The lowest BCUT2D eigenvalue weighted by atomic mass is 10.2. The molecule has 27 heavy (non-hydrogen) atoms. The van der Waals surface area contributed by atoms with E-state index in [1.807, 2.05) is 0 Å². The Morgan fingerprint density at radius 2 is 1.70 bits per heavy atom. The molecule has 1 N–H and O–H groups in total. The molecule has 2 aromatic carbocycles. The molecule has 0 bridgehead atoms. The Balaban J connectivity index is 1.92. The zero-order valence-electron chi connectivity index (χ0n) is 14.8. The van der Waals surface area contributed by atoms with Gasteiger partial charge in [0.1, 0.15) is 11.3 Å². The molecule has 0 aliphatic carbocycles. The van der Waals surface area contributed by atoms with Crippen LogP contribution in [0.1, 0.15) is 27.6 Å². The summed E-state index contributed by atoms with van der Waals surface area (Å²) in [5, 5.41) is 2.90. The molecule has 0 aliphatic rings. The van der Waals surface area contributed by atoms with Gasteiger partial charge in [0.15, 0.2) is 6.61 Å². The van der Waals surface area contributed by atoms with E-state index in [4.69, 9.17) is 25.8 Å². The third-order valence-electron chi connectivity index (χ3n) is 3.40. The van der Waals surface area contributed by atoms with E-state index < -0.39 is 24.5 Å². The fraction of sp³-hybridized carbons (Fsp3) is 0.211. The number of carbonyl (C=O) groups is 3. The van der Waals surface area contributed by atoms with E-state index in [1.165, 1.54) is 31.4 Å². The Bertz CT molecular complexity index is 835. The van der Waals surface area contributed by atoms with E-state index in [0.29, 0.717) is 22.0 Å². The minimum absolute atomic E-state index is 0.122. The quantitative estimate of drug-likeness (QED) is 0.728. The van der Waals surface area contributed by atoms with Gasteiger partial charge < -0.3 is 19.5 Å². The van der Waals surface area contributed by atoms with Gasteiger partial charge in [-0.2, -0.15) is 0 Å². The molecule has 0 aliphatic heterocycles. The first-order valence-electron chi connectivity index (χ1n) is 8.02. The number of methoxy groups -OCH3 is 1. The average Bonchev–Trinajstić information content (AvgIpc) is 2.66. The summed E-state index contributed by atoms with van der Waals surface area (Å²) in [4.78, 5) is 35.7. The van der Waals surface area contributed by atoms with Crippen molar-refractivity contribution in [1.29, 1.82) is 0 Å². The summed E-state index contributed by atoms with van der Waals surface area (Å²) in [6, 6.07) is 10.6. The van der Waals surface area contributed by atoms with Crippen LogP contribution in [0.2, 0.25) is 5.02 Å². The Hall–Kier alpha value is -3.06. The van der Waals surface area contributed by atoms with Crippen LogP contribution in [-0.2, 0) is 14.3 Å². The second-order valence-electron chi connectivity index (χ2n) is 5.27. The molecule has 142 valence electrons. The van der Waals surface area contributed by atoms with Crippen LogP contribution in [0.15, 0.2) is 42.5 Å². The van der Waals surface area contributed by atoms with Crippen LogP contribution in [0.4, 0.5) is 5.69 Å². The Morgan fingerprint density at radius 1 is 1.00 bits per heavy atom. The van der Waals surface area contributed by atoms with Crippen LogP contribution in [0, 0.1) is 0 Å². The van der Waals surface area contributed by atoms with Crippen molar-refractivity contribution in [2.24, 2.45) is 0 Å². The minimum Gasteiger partial charge on any atom is -0.496 e. The highest BCUT2D eigenvalue weighted by Crippen LogP contribution is 2.23. The van der Waals surface area contributed by atoms with Gasteiger partial charge in [0.05, 0.1) is 19.3 Å². The summed E-state index contributed by atoms with van der Waals surface area (Å²) in [6.07, 6.45) is 0. The lowest BCUT2D eigenvalue weighted by Gasteiger charge is -2.10. The highest BCUT2D eigenvalue weighted by Gasteiger charge is 2.16. The number of halogens is 1. The predicted octanol–water partition coefficient (Wildman–Crippen LogP) is 3.32. The maximum Gasteiger partial charge on any atom is 0.342 e. The van der Waals surface area contributed by atoms with Crippen LogP contribution in [0.3, 0.4) is 0 Å². The normalized spacial score (nSPS) is 10.0. The lowest BCUT2D eigenvalue weighted by molar-refractivity contribution is -0.119. The monoisotopic (exact) mass is 391 g/mol. The first-order chi connectivity index (χ1) is 12.9. The van der Waals surface area contributed by atoms with Crippen molar-refractivity contribution in [3.63, 3.8) is 0 Å². The van der Waals surface area contributed by atoms with Crippen molar-refractivity contribution in [1.82, 2.24) is 0 Å². The zero-order valence-corrected chi connectivity index (χ0v) is 15.5. The molecule has 0 unspecified atom stereocenters. The Morgan fingerprint density at radius 3 is 2.33 bits per heavy atom. The van der Waals surface area contributed by atoms with Gasteiger partial charge in [-0.05, 0) is 49.4 Å². The van der Waals surface area contributed by atoms with E-state index in [2.05, 4.69) is 5.32 Å². The molecule has 0 radical (unpaired) electrons. The van der Waals surface area contributed by atoms with Gasteiger partial charge in [-0.15, -0.1) is 0 Å². The number of carbonyl (C=O) groups excluding carboxylic acids is 3. The van der Waals surface area contributed by atoms with Crippen LogP contribution >= 0.6 is 11.6 Å². The van der Waals surface area contributed by atoms with Gasteiger partial charge in [0.25, 0.3) is 5.91 Å². The molecule has 0 saturated carbocycles. The van der Waals surface area contributed by atoms with Crippen molar-refractivity contribution in [3.8, 4) is 5.75 Å². The predicted molar refractivity (Wildman–Crippen MR) is 99.3 cm³/mol. The van der Waals surface area contributed by atoms with Gasteiger partial charge in [0.2, 0.25) is 0 Å². The summed E-state index contributed by atoms with van der Waals surface area (Å²) in [6.45, 7) is 1.50. The van der Waals surface area contributed by atoms with Crippen molar-refractivity contribution < 1.29 is 28.6 Å². The molecule has 0 saturated heterocycles. The molecule has 8 heteroatoms. The van der Waals surface area contributed by atoms with Crippen LogP contribution in [-0.4, -0.2) is 38.2 Å². The van der Waals surface area contributed by atoms with E-state index in [-0.39, 0.29) is 12.2 Å². The number of amides is 1. The molecule has 0 spiro atoms. The Labute approximate surface area is 161 Å². The Kier molecular flexibility index (Phi) is 7.19. The van der Waals surface area contributed by atoms with E-state index in [9.17, 15) is 14.4 Å².